The van der Waals surface area contributed by atoms with E-state index in [4.69, 9.17) is 0 Å². The fourth-order valence-corrected chi connectivity index (χ4v) is 3.50. The minimum absolute atomic E-state index is 0.0586. The molecular formula is C20H21N3O4. The monoisotopic (exact) mass is 367 g/mol. The van der Waals surface area contributed by atoms with Crippen molar-refractivity contribution < 1.29 is 19.8 Å². The van der Waals surface area contributed by atoms with Gasteiger partial charge in [-0.3, -0.25) is 9.59 Å². The summed E-state index contributed by atoms with van der Waals surface area (Å²) in [5.41, 5.74) is 1.59. The first-order chi connectivity index (χ1) is 13.0. The molecular weight excluding hydrogens is 346 g/mol. The number of phenols is 1. The minimum atomic E-state index is -1.01. The first-order valence-corrected chi connectivity index (χ1v) is 9.07. The van der Waals surface area contributed by atoms with E-state index in [-0.39, 0.29) is 18.1 Å². The number of nitrogens with zero attached hydrogens (tertiary/aromatic N) is 1. The van der Waals surface area contributed by atoms with Crippen molar-refractivity contribution in [3.63, 3.8) is 0 Å². The summed E-state index contributed by atoms with van der Waals surface area (Å²) in [5.74, 6) is -0.704. The molecule has 0 spiro atoms. The van der Waals surface area contributed by atoms with Crippen molar-refractivity contribution in [2.24, 2.45) is 11.8 Å². The SMILES string of the molecule is O=C(N[C@H]1c2cccc(O)c2C[C@H]1C(=O)O)c1ccc(NCC2CC2)nc1. The maximum Gasteiger partial charge on any atom is 0.309 e. The number of aromatic hydroxyl groups is 1. The van der Waals surface area contributed by atoms with Crippen LogP contribution in [0.5, 0.6) is 5.75 Å². The summed E-state index contributed by atoms with van der Waals surface area (Å²) in [5, 5.41) is 25.6. The van der Waals surface area contributed by atoms with Crippen LogP contribution in [0.3, 0.4) is 0 Å². The largest absolute Gasteiger partial charge is 0.508 e. The molecule has 140 valence electrons. The van der Waals surface area contributed by atoms with Crippen LogP contribution in [0.1, 0.15) is 40.4 Å². The number of pyridine rings is 1. The molecule has 0 saturated heterocycles. The third kappa shape index (κ3) is 3.58. The summed E-state index contributed by atoms with van der Waals surface area (Å²) >= 11 is 0. The van der Waals surface area contributed by atoms with Gasteiger partial charge in [0.25, 0.3) is 5.91 Å². The van der Waals surface area contributed by atoms with Gasteiger partial charge < -0.3 is 20.8 Å². The van der Waals surface area contributed by atoms with E-state index >= 15 is 0 Å². The number of anilines is 1. The molecule has 2 atom stereocenters. The highest BCUT2D eigenvalue weighted by Crippen LogP contribution is 2.40. The van der Waals surface area contributed by atoms with Gasteiger partial charge in [0.15, 0.2) is 0 Å². The second kappa shape index (κ2) is 6.90. The average Bonchev–Trinajstić information content (AvgIpc) is 3.41. The highest BCUT2D eigenvalue weighted by molar-refractivity contribution is 5.95. The molecule has 1 aromatic carbocycles. The van der Waals surface area contributed by atoms with E-state index in [0.29, 0.717) is 16.7 Å². The van der Waals surface area contributed by atoms with Gasteiger partial charge in [0.05, 0.1) is 17.5 Å². The lowest BCUT2D eigenvalue weighted by molar-refractivity contribution is -0.142. The van der Waals surface area contributed by atoms with Crippen LogP contribution in [0.25, 0.3) is 0 Å². The number of rotatable bonds is 6. The second-order valence-corrected chi connectivity index (χ2v) is 7.20. The molecule has 0 radical (unpaired) electrons. The average molecular weight is 367 g/mol. The van der Waals surface area contributed by atoms with Crippen LogP contribution >= 0.6 is 0 Å². The lowest BCUT2D eigenvalue weighted by Crippen LogP contribution is -2.34. The Hall–Kier alpha value is -3.09. The quantitative estimate of drug-likeness (QED) is 0.624. The standard InChI is InChI=1S/C20H21N3O4/c24-16-3-1-2-13-14(16)8-15(20(26)27)18(13)23-19(25)12-6-7-17(22-10-12)21-9-11-4-5-11/h1-3,6-7,10-11,15,18,24H,4-5,8-9H2,(H,21,22)(H,23,25)(H,26,27)/t15-,18+/m1/s1. The molecule has 2 aliphatic rings. The molecule has 0 aliphatic heterocycles. The number of carboxylic acids is 1. The van der Waals surface area contributed by atoms with Crippen LogP contribution in [0.4, 0.5) is 5.82 Å². The van der Waals surface area contributed by atoms with E-state index in [1.54, 1.807) is 24.3 Å². The highest BCUT2D eigenvalue weighted by atomic mass is 16.4. The highest BCUT2D eigenvalue weighted by Gasteiger charge is 2.39. The lowest BCUT2D eigenvalue weighted by atomic mass is 10.0. The van der Waals surface area contributed by atoms with E-state index in [1.165, 1.54) is 25.1 Å². The van der Waals surface area contributed by atoms with Crippen molar-refractivity contribution in [2.75, 3.05) is 11.9 Å². The van der Waals surface area contributed by atoms with E-state index in [0.717, 1.165) is 18.3 Å². The number of hydrogen-bond acceptors (Lipinski definition) is 5. The summed E-state index contributed by atoms with van der Waals surface area (Å²) in [6.45, 7) is 0.890. The molecule has 1 saturated carbocycles. The predicted octanol–water partition coefficient (Wildman–Crippen LogP) is 2.34. The number of carbonyl (C=O) groups is 2. The van der Waals surface area contributed by atoms with Crippen LogP contribution in [0, 0.1) is 11.8 Å². The zero-order valence-electron chi connectivity index (χ0n) is 14.7. The number of benzene rings is 1. The summed E-state index contributed by atoms with van der Waals surface area (Å²) in [6, 6.07) is 7.65. The number of fused-ring (bicyclic) bond motifs is 1. The number of aliphatic carboxylic acids is 1. The number of carboxylic acid groups (broad SMARTS) is 1. The molecule has 4 N–H and O–H groups in total. The maximum atomic E-state index is 12.6. The number of nitrogens with one attached hydrogen (secondary N) is 2. The number of hydrogen-bond donors (Lipinski definition) is 4. The Balaban J connectivity index is 1.49. The first-order valence-electron chi connectivity index (χ1n) is 9.07. The minimum Gasteiger partial charge on any atom is -0.508 e. The molecule has 1 aromatic heterocycles. The summed E-state index contributed by atoms with van der Waals surface area (Å²) < 4.78 is 0. The predicted molar refractivity (Wildman–Crippen MR) is 98.6 cm³/mol. The van der Waals surface area contributed by atoms with E-state index in [2.05, 4.69) is 15.6 Å². The Labute approximate surface area is 156 Å². The number of amides is 1. The zero-order chi connectivity index (χ0) is 19.0. The number of carbonyl (C=O) groups excluding carboxylic acids is 1. The van der Waals surface area contributed by atoms with Gasteiger partial charge in [-0.25, -0.2) is 4.98 Å². The topological polar surface area (TPSA) is 112 Å². The molecule has 27 heavy (non-hydrogen) atoms. The normalized spacial score (nSPS) is 20.7. The molecule has 1 heterocycles. The van der Waals surface area contributed by atoms with Gasteiger partial charge in [-0.05, 0) is 48.9 Å². The Kier molecular flexibility index (Phi) is 4.43. The van der Waals surface area contributed by atoms with E-state index < -0.39 is 17.9 Å². The Bertz CT molecular complexity index is 877. The fraction of sp³-hybridized carbons (Fsp3) is 0.350. The molecule has 2 aliphatic carbocycles. The van der Waals surface area contributed by atoms with Crippen molar-refractivity contribution in [1.82, 2.24) is 10.3 Å². The summed E-state index contributed by atoms with van der Waals surface area (Å²) in [4.78, 5) is 28.5. The van der Waals surface area contributed by atoms with Crippen molar-refractivity contribution in [1.29, 1.82) is 0 Å². The Morgan fingerprint density at radius 2 is 2.00 bits per heavy atom. The van der Waals surface area contributed by atoms with Gasteiger partial charge in [-0.1, -0.05) is 12.1 Å². The smallest absolute Gasteiger partial charge is 0.309 e. The number of aromatic nitrogens is 1. The van der Waals surface area contributed by atoms with Crippen LogP contribution in [0.15, 0.2) is 36.5 Å². The van der Waals surface area contributed by atoms with Gasteiger partial charge in [0, 0.05) is 18.3 Å². The van der Waals surface area contributed by atoms with Gasteiger partial charge in [-0.2, -0.15) is 0 Å². The molecule has 7 heteroatoms. The lowest BCUT2D eigenvalue weighted by Gasteiger charge is -2.19. The third-order valence-corrected chi connectivity index (χ3v) is 5.25. The van der Waals surface area contributed by atoms with Crippen LogP contribution < -0.4 is 10.6 Å². The van der Waals surface area contributed by atoms with E-state index in [1.807, 2.05) is 0 Å². The van der Waals surface area contributed by atoms with Crippen molar-refractivity contribution >= 4 is 17.7 Å². The number of phenolic OH excluding ortho intramolecular Hbond substituents is 1. The second-order valence-electron chi connectivity index (χ2n) is 7.20. The fourth-order valence-electron chi connectivity index (χ4n) is 3.50. The van der Waals surface area contributed by atoms with Crippen molar-refractivity contribution in [3.05, 3.63) is 53.2 Å². The summed E-state index contributed by atoms with van der Waals surface area (Å²) in [6.07, 6.45) is 4.16. The molecule has 1 fully saturated rings. The maximum absolute atomic E-state index is 12.6. The third-order valence-electron chi connectivity index (χ3n) is 5.25. The summed E-state index contributed by atoms with van der Waals surface area (Å²) in [7, 11) is 0. The van der Waals surface area contributed by atoms with Gasteiger partial charge in [-0.15, -0.1) is 0 Å². The van der Waals surface area contributed by atoms with Gasteiger partial charge in [0.2, 0.25) is 0 Å². The first kappa shape index (κ1) is 17.3. The van der Waals surface area contributed by atoms with Crippen molar-refractivity contribution in [2.45, 2.75) is 25.3 Å². The molecule has 7 nitrogen and oxygen atoms in total. The van der Waals surface area contributed by atoms with Crippen LogP contribution in [0.2, 0.25) is 0 Å². The van der Waals surface area contributed by atoms with Gasteiger partial charge >= 0.3 is 5.97 Å². The molecule has 0 unspecified atom stereocenters. The Morgan fingerprint density at radius 1 is 1.19 bits per heavy atom. The molecule has 0 bridgehead atoms. The van der Waals surface area contributed by atoms with Crippen LogP contribution in [-0.4, -0.2) is 33.6 Å². The molecule has 4 rings (SSSR count). The molecule has 1 amide bonds. The van der Waals surface area contributed by atoms with Gasteiger partial charge in [0.1, 0.15) is 11.6 Å². The zero-order valence-corrected chi connectivity index (χ0v) is 14.7. The van der Waals surface area contributed by atoms with Crippen LogP contribution in [-0.2, 0) is 11.2 Å². The van der Waals surface area contributed by atoms with Crippen molar-refractivity contribution in [3.8, 4) is 5.75 Å². The van der Waals surface area contributed by atoms with E-state index in [9.17, 15) is 19.8 Å². The Morgan fingerprint density at radius 3 is 2.67 bits per heavy atom. The molecule has 2 aromatic rings.